The maximum absolute atomic E-state index is 12.7. The largest absolute Gasteiger partial charge is 0.494 e. The molecule has 0 saturated carbocycles. The van der Waals surface area contributed by atoms with E-state index in [1.54, 1.807) is 42.5 Å². The minimum atomic E-state index is -0.690. The van der Waals surface area contributed by atoms with Gasteiger partial charge in [-0.05, 0) is 49.2 Å². The lowest BCUT2D eigenvalue weighted by atomic mass is 10.0. The van der Waals surface area contributed by atoms with Gasteiger partial charge in [-0.2, -0.15) is 0 Å². The molecular formula is C21H24N2O5. The zero-order chi connectivity index (χ0) is 20.1. The van der Waals surface area contributed by atoms with Crippen LogP contribution in [0.4, 0.5) is 5.69 Å². The summed E-state index contributed by atoms with van der Waals surface area (Å²) in [7, 11) is 0. The third-order valence-corrected chi connectivity index (χ3v) is 4.30. The van der Waals surface area contributed by atoms with Crippen molar-refractivity contribution in [2.45, 2.75) is 26.8 Å². The van der Waals surface area contributed by atoms with Crippen LogP contribution in [-0.4, -0.2) is 31.3 Å². The van der Waals surface area contributed by atoms with Crippen LogP contribution in [0.15, 0.2) is 42.5 Å². The van der Waals surface area contributed by atoms with Gasteiger partial charge in [0.2, 0.25) is 12.7 Å². The molecule has 2 aromatic carbocycles. The number of amides is 2. The van der Waals surface area contributed by atoms with Crippen molar-refractivity contribution in [3.8, 4) is 17.2 Å². The van der Waals surface area contributed by atoms with Crippen molar-refractivity contribution in [1.29, 1.82) is 0 Å². The molecule has 2 amide bonds. The molecular weight excluding hydrogens is 360 g/mol. The highest BCUT2D eigenvalue weighted by Crippen LogP contribution is 2.34. The van der Waals surface area contributed by atoms with Crippen molar-refractivity contribution in [3.05, 3.63) is 48.0 Å². The zero-order valence-electron chi connectivity index (χ0n) is 16.2. The predicted molar refractivity (Wildman–Crippen MR) is 105 cm³/mol. The molecule has 0 bridgehead atoms. The van der Waals surface area contributed by atoms with Crippen LogP contribution in [-0.2, 0) is 4.79 Å². The Bertz CT molecular complexity index is 848. The molecule has 0 unspecified atom stereocenters. The molecule has 1 atom stereocenters. The topological polar surface area (TPSA) is 85.9 Å². The molecule has 0 fully saturated rings. The number of nitrogens with one attached hydrogen (secondary N) is 2. The van der Waals surface area contributed by atoms with Crippen molar-refractivity contribution in [2.24, 2.45) is 5.92 Å². The van der Waals surface area contributed by atoms with Crippen molar-refractivity contribution in [3.63, 3.8) is 0 Å². The van der Waals surface area contributed by atoms with Crippen LogP contribution in [0.3, 0.4) is 0 Å². The first-order chi connectivity index (χ1) is 13.5. The van der Waals surface area contributed by atoms with Crippen LogP contribution < -0.4 is 24.8 Å². The molecule has 0 spiro atoms. The SMILES string of the molecule is CCOc1ccc(C(=O)N[C@H](C(=O)Nc2ccc3c(c2)OCO3)C(C)C)cc1. The molecule has 0 aromatic heterocycles. The Labute approximate surface area is 164 Å². The van der Waals surface area contributed by atoms with Gasteiger partial charge in [-0.3, -0.25) is 9.59 Å². The van der Waals surface area contributed by atoms with E-state index in [1.807, 2.05) is 20.8 Å². The molecule has 2 aromatic rings. The van der Waals surface area contributed by atoms with Crippen LogP contribution in [0.1, 0.15) is 31.1 Å². The summed E-state index contributed by atoms with van der Waals surface area (Å²) in [5.74, 6) is 1.20. The minimum absolute atomic E-state index is 0.0966. The number of rotatable bonds is 7. The number of anilines is 1. The standard InChI is InChI=1S/C21H24N2O5/c1-4-26-16-8-5-14(6-9-16)20(24)23-19(13(2)3)21(25)22-15-7-10-17-18(11-15)28-12-27-17/h5-11,13,19H,4,12H2,1-3H3,(H,22,25)(H,23,24)/t19-/m0/s1. The Morgan fingerprint density at radius 1 is 1.07 bits per heavy atom. The van der Waals surface area contributed by atoms with Gasteiger partial charge in [0.15, 0.2) is 11.5 Å². The second-order valence-corrected chi connectivity index (χ2v) is 6.71. The van der Waals surface area contributed by atoms with Crippen molar-refractivity contribution in [2.75, 3.05) is 18.7 Å². The molecule has 0 aliphatic carbocycles. The zero-order valence-corrected chi connectivity index (χ0v) is 16.2. The molecule has 0 saturated heterocycles. The maximum Gasteiger partial charge on any atom is 0.251 e. The lowest BCUT2D eigenvalue weighted by molar-refractivity contribution is -0.118. The van der Waals surface area contributed by atoms with Gasteiger partial charge in [0.25, 0.3) is 5.91 Å². The average Bonchev–Trinajstić information content (AvgIpc) is 3.14. The van der Waals surface area contributed by atoms with Crippen LogP contribution >= 0.6 is 0 Å². The van der Waals surface area contributed by atoms with Gasteiger partial charge in [0.05, 0.1) is 6.61 Å². The van der Waals surface area contributed by atoms with Crippen molar-refractivity contribution < 1.29 is 23.8 Å². The highest BCUT2D eigenvalue weighted by molar-refractivity contribution is 6.01. The van der Waals surface area contributed by atoms with Crippen LogP contribution in [0.25, 0.3) is 0 Å². The van der Waals surface area contributed by atoms with E-state index in [4.69, 9.17) is 14.2 Å². The van der Waals surface area contributed by atoms with Crippen molar-refractivity contribution in [1.82, 2.24) is 5.32 Å². The molecule has 7 nitrogen and oxygen atoms in total. The minimum Gasteiger partial charge on any atom is -0.494 e. The fraction of sp³-hybridized carbons (Fsp3) is 0.333. The average molecular weight is 384 g/mol. The molecule has 2 N–H and O–H groups in total. The molecule has 1 aliphatic rings. The van der Waals surface area contributed by atoms with E-state index in [1.165, 1.54) is 0 Å². The number of hydrogen-bond donors (Lipinski definition) is 2. The fourth-order valence-corrected chi connectivity index (χ4v) is 2.82. The number of carbonyl (C=O) groups is 2. The first-order valence-corrected chi connectivity index (χ1v) is 9.22. The Morgan fingerprint density at radius 2 is 1.79 bits per heavy atom. The molecule has 28 heavy (non-hydrogen) atoms. The van der Waals surface area contributed by atoms with E-state index in [-0.39, 0.29) is 24.5 Å². The van der Waals surface area contributed by atoms with Gasteiger partial charge in [-0.15, -0.1) is 0 Å². The van der Waals surface area contributed by atoms with Gasteiger partial charge in [0, 0.05) is 17.3 Å². The number of benzene rings is 2. The summed E-state index contributed by atoms with van der Waals surface area (Å²) in [5.41, 5.74) is 1.04. The second kappa shape index (κ2) is 8.65. The summed E-state index contributed by atoms with van der Waals surface area (Å²) in [6, 6.07) is 11.3. The summed E-state index contributed by atoms with van der Waals surface area (Å²) in [4.78, 5) is 25.3. The van der Waals surface area contributed by atoms with Gasteiger partial charge in [-0.1, -0.05) is 13.8 Å². The number of ether oxygens (including phenoxy) is 3. The Kier molecular flexibility index (Phi) is 6.03. The lowest BCUT2D eigenvalue weighted by Crippen LogP contribution is -2.47. The summed E-state index contributed by atoms with van der Waals surface area (Å²) >= 11 is 0. The Hall–Kier alpha value is -3.22. The quantitative estimate of drug-likeness (QED) is 0.766. The number of carbonyl (C=O) groups excluding carboxylic acids is 2. The molecule has 0 radical (unpaired) electrons. The van der Waals surface area contributed by atoms with Gasteiger partial charge >= 0.3 is 0 Å². The van der Waals surface area contributed by atoms with Crippen LogP contribution in [0.5, 0.6) is 17.2 Å². The molecule has 148 valence electrons. The van der Waals surface area contributed by atoms with E-state index >= 15 is 0 Å². The van der Waals surface area contributed by atoms with E-state index < -0.39 is 6.04 Å². The smallest absolute Gasteiger partial charge is 0.251 e. The van der Waals surface area contributed by atoms with Crippen molar-refractivity contribution >= 4 is 17.5 Å². The molecule has 7 heteroatoms. The van der Waals surface area contributed by atoms with Crippen LogP contribution in [0, 0.1) is 5.92 Å². The summed E-state index contributed by atoms with van der Waals surface area (Å²) < 4.78 is 16.0. The van der Waals surface area contributed by atoms with Gasteiger partial charge in [0.1, 0.15) is 11.8 Å². The lowest BCUT2D eigenvalue weighted by Gasteiger charge is -2.22. The van der Waals surface area contributed by atoms with Gasteiger partial charge < -0.3 is 24.8 Å². The highest BCUT2D eigenvalue weighted by atomic mass is 16.7. The van der Waals surface area contributed by atoms with E-state index in [0.717, 1.165) is 0 Å². The summed E-state index contributed by atoms with van der Waals surface area (Å²) in [6.45, 7) is 6.37. The van der Waals surface area contributed by atoms with E-state index in [0.29, 0.717) is 35.1 Å². The Morgan fingerprint density at radius 3 is 2.46 bits per heavy atom. The second-order valence-electron chi connectivity index (χ2n) is 6.71. The number of hydrogen-bond acceptors (Lipinski definition) is 5. The third-order valence-electron chi connectivity index (χ3n) is 4.30. The monoisotopic (exact) mass is 384 g/mol. The van der Waals surface area contributed by atoms with E-state index in [9.17, 15) is 9.59 Å². The molecule has 1 heterocycles. The van der Waals surface area contributed by atoms with Gasteiger partial charge in [-0.25, -0.2) is 0 Å². The first kappa shape index (κ1) is 19.5. The van der Waals surface area contributed by atoms with Crippen LogP contribution in [0.2, 0.25) is 0 Å². The fourth-order valence-electron chi connectivity index (χ4n) is 2.82. The summed E-state index contributed by atoms with van der Waals surface area (Å²) in [6.07, 6.45) is 0. The molecule has 1 aliphatic heterocycles. The molecule has 3 rings (SSSR count). The number of fused-ring (bicyclic) bond motifs is 1. The summed E-state index contributed by atoms with van der Waals surface area (Å²) in [5, 5.41) is 5.64. The van der Waals surface area contributed by atoms with E-state index in [2.05, 4.69) is 10.6 Å². The Balaban J connectivity index is 1.66. The highest BCUT2D eigenvalue weighted by Gasteiger charge is 2.25. The first-order valence-electron chi connectivity index (χ1n) is 9.22. The maximum atomic E-state index is 12.7. The predicted octanol–water partition coefficient (Wildman–Crippen LogP) is 3.21. The normalized spacial score (nSPS) is 13.1. The third kappa shape index (κ3) is 4.54.